The van der Waals surface area contributed by atoms with E-state index in [1.54, 1.807) is 17.1 Å². The number of amides is 1. The number of morpholine rings is 1. The zero-order chi connectivity index (χ0) is 15.4. The van der Waals surface area contributed by atoms with E-state index in [0.29, 0.717) is 24.4 Å². The van der Waals surface area contributed by atoms with Crippen molar-refractivity contribution in [2.24, 2.45) is 0 Å². The van der Waals surface area contributed by atoms with E-state index < -0.39 is 0 Å². The Kier molecular flexibility index (Phi) is 4.45. The fraction of sp³-hybridized carbons (Fsp3) is 0.400. The Morgan fingerprint density at radius 2 is 2.32 bits per heavy atom. The normalized spacial score (nSPS) is 19.0. The van der Waals surface area contributed by atoms with Crippen molar-refractivity contribution in [3.05, 3.63) is 42.5 Å². The summed E-state index contributed by atoms with van der Waals surface area (Å²) >= 11 is 0. The van der Waals surface area contributed by atoms with Crippen LogP contribution in [-0.2, 0) is 4.74 Å². The molecule has 0 aliphatic carbocycles. The first-order valence-electron chi connectivity index (χ1n) is 7.26. The smallest absolute Gasteiger partial charge is 0.253 e. The molecule has 1 amide bonds. The Labute approximate surface area is 128 Å². The van der Waals surface area contributed by atoms with Gasteiger partial charge in [0.15, 0.2) is 0 Å². The molecule has 1 aliphatic rings. The Balaban J connectivity index is 1.68. The number of nitrogens with zero attached hydrogens (tertiary/aromatic N) is 4. The van der Waals surface area contributed by atoms with Gasteiger partial charge in [0.25, 0.3) is 5.91 Å². The van der Waals surface area contributed by atoms with Crippen LogP contribution < -0.4 is 5.32 Å². The van der Waals surface area contributed by atoms with E-state index in [-0.39, 0.29) is 12.0 Å². The van der Waals surface area contributed by atoms with Crippen LogP contribution in [0.3, 0.4) is 0 Å². The SMILES string of the molecule is CN1CCO[C@@H](CNC(=O)c2ccccc2-n2cncn2)C1. The quantitative estimate of drug-likeness (QED) is 0.881. The molecule has 0 bridgehead atoms. The number of para-hydroxylation sites is 1. The Bertz CT molecular complexity index is 629. The second-order valence-electron chi connectivity index (χ2n) is 5.32. The van der Waals surface area contributed by atoms with Crippen LogP contribution in [0.1, 0.15) is 10.4 Å². The lowest BCUT2D eigenvalue weighted by Crippen LogP contribution is -2.46. The summed E-state index contributed by atoms with van der Waals surface area (Å²) in [6.45, 7) is 2.95. The fourth-order valence-electron chi connectivity index (χ4n) is 2.49. The van der Waals surface area contributed by atoms with Gasteiger partial charge >= 0.3 is 0 Å². The third-order valence-electron chi connectivity index (χ3n) is 3.65. The van der Waals surface area contributed by atoms with Gasteiger partial charge in [0.05, 0.1) is 24.0 Å². The summed E-state index contributed by atoms with van der Waals surface area (Å²) < 4.78 is 7.24. The van der Waals surface area contributed by atoms with Gasteiger partial charge in [-0.25, -0.2) is 9.67 Å². The molecule has 0 radical (unpaired) electrons. The lowest BCUT2D eigenvalue weighted by Gasteiger charge is -2.30. The van der Waals surface area contributed by atoms with Crippen molar-refractivity contribution < 1.29 is 9.53 Å². The van der Waals surface area contributed by atoms with Gasteiger partial charge in [-0.3, -0.25) is 4.79 Å². The number of likely N-dealkylation sites (N-methyl/N-ethyl adjacent to an activating group) is 1. The van der Waals surface area contributed by atoms with Crippen molar-refractivity contribution in [1.82, 2.24) is 25.0 Å². The summed E-state index contributed by atoms with van der Waals surface area (Å²) in [5.41, 5.74) is 1.27. The second-order valence-corrected chi connectivity index (χ2v) is 5.32. The highest BCUT2D eigenvalue weighted by Crippen LogP contribution is 2.13. The van der Waals surface area contributed by atoms with Crippen molar-refractivity contribution in [3.8, 4) is 5.69 Å². The molecule has 7 heteroatoms. The average Bonchev–Trinajstić information content (AvgIpc) is 3.07. The first kappa shape index (κ1) is 14.7. The van der Waals surface area contributed by atoms with Crippen LogP contribution >= 0.6 is 0 Å². The maximum atomic E-state index is 12.4. The number of benzene rings is 1. The van der Waals surface area contributed by atoms with Gasteiger partial charge in [0, 0.05) is 19.6 Å². The van der Waals surface area contributed by atoms with E-state index in [4.69, 9.17) is 4.74 Å². The zero-order valence-electron chi connectivity index (χ0n) is 12.5. The van der Waals surface area contributed by atoms with Crippen LogP contribution in [0.25, 0.3) is 5.69 Å². The predicted octanol–water partition coefficient (Wildman–Crippen LogP) is 0.328. The molecule has 1 N–H and O–H groups in total. The number of hydrogen-bond acceptors (Lipinski definition) is 5. The molecule has 116 valence electrons. The van der Waals surface area contributed by atoms with Gasteiger partial charge < -0.3 is 15.0 Å². The molecule has 1 aliphatic heterocycles. The molecule has 1 fully saturated rings. The van der Waals surface area contributed by atoms with Gasteiger partial charge in [0.2, 0.25) is 0 Å². The Morgan fingerprint density at radius 3 is 3.09 bits per heavy atom. The van der Waals surface area contributed by atoms with Crippen molar-refractivity contribution in [1.29, 1.82) is 0 Å². The Morgan fingerprint density at radius 1 is 1.45 bits per heavy atom. The molecule has 3 rings (SSSR count). The molecule has 1 saturated heterocycles. The highest BCUT2D eigenvalue weighted by Gasteiger charge is 2.19. The monoisotopic (exact) mass is 301 g/mol. The zero-order valence-corrected chi connectivity index (χ0v) is 12.5. The molecule has 7 nitrogen and oxygen atoms in total. The molecule has 0 spiro atoms. The summed E-state index contributed by atoms with van der Waals surface area (Å²) in [6, 6.07) is 7.32. The fourth-order valence-corrected chi connectivity index (χ4v) is 2.49. The minimum Gasteiger partial charge on any atom is -0.374 e. The summed E-state index contributed by atoms with van der Waals surface area (Å²) in [5, 5.41) is 7.02. The molecule has 0 unspecified atom stereocenters. The molecule has 1 atom stereocenters. The number of ether oxygens (including phenoxy) is 1. The standard InChI is InChI=1S/C15H19N5O2/c1-19-6-7-22-12(9-19)8-17-15(21)13-4-2-3-5-14(13)20-11-16-10-18-20/h2-5,10-12H,6-9H2,1H3,(H,17,21)/t12-/m0/s1. The third kappa shape index (κ3) is 3.32. The molecule has 2 heterocycles. The molecule has 2 aromatic rings. The lowest BCUT2D eigenvalue weighted by molar-refractivity contribution is -0.0175. The second kappa shape index (κ2) is 6.67. The number of aromatic nitrogens is 3. The topological polar surface area (TPSA) is 72.3 Å². The van der Waals surface area contributed by atoms with E-state index in [1.165, 1.54) is 6.33 Å². The van der Waals surface area contributed by atoms with Gasteiger partial charge in [-0.05, 0) is 19.2 Å². The predicted molar refractivity (Wildman–Crippen MR) is 80.9 cm³/mol. The van der Waals surface area contributed by atoms with Gasteiger partial charge in [-0.2, -0.15) is 5.10 Å². The molecular formula is C15H19N5O2. The van der Waals surface area contributed by atoms with Crippen molar-refractivity contribution in [2.45, 2.75) is 6.10 Å². The molecule has 1 aromatic carbocycles. The molecule has 22 heavy (non-hydrogen) atoms. The number of carbonyl (C=O) groups excluding carboxylic acids is 1. The summed E-state index contributed by atoms with van der Waals surface area (Å²) in [7, 11) is 2.05. The highest BCUT2D eigenvalue weighted by molar-refractivity contribution is 5.97. The highest BCUT2D eigenvalue weighted by atomic mass is 16.5. The van der Waals surface area contributed by atoms with Gasteiger partial charge in [0.1, 0.15) is 12.7 Å². The minimum absolute atomic E-state index is 0.0289. The van der Waals surface area contributed by atoms with E-state index in [1.807, 2.05) is 18.2 Å². The number of hydrogen-bond donors (Lipinski definition) is 1. The maximum absolute atomic E-state index is 12.4. The number of carbonyl (C=O) groups is 1. The van der Waals surface area contributed by atoms with Gasteiger partial charge in [-0.1, -0.05) is 12.1 Å². The van der Waals surface area contributed by atoms with Crippen LogP contribution in [0.15, 0.2) is 36.9 Å². The minimum atomic E-state index is -0.136. The van der Waals surface area contributed by atoms with E-state index in [2.05, 4.69) is 27.3 Å². The van der Waals surface area contributed by atoms with Crippen LogP contribution in [0.2, 0.25) is 0 Å². The van der Waals surface area contributed by atoms with E-state index in [9.17, 15) is 4.79 Å². The van der Waals surface area contributed by atoms with Gasteiger partial charge in [-0.15, -0.1) is 0 Å². The first-order valence-corrected chi connectivity index (χ1v) is 7.26. The summed E-state index contributed by atoms with van der Waals surface area (Å²) in [5.74, 6) is -0.136. The number of nitrogens with one attached hydrogen (secondary N) is 1. The third-order valence-corrected chi connectivity index (χ3v) is 3.65. The van der Waals surface area contributed by atoms with Crippen LogP contribution in [0, 0.1) is 0 Å². The van der Waals surface area contributed by atoms with Crippen molar-refractivity contribution in [2.75, 3.05) is 33.3 Å². The summed E-state index contributed by atoms with van der Waals surface area (Å²) in [4.78, 5) is 18.6. The maximum Gasteiger partial charge on any atom is 0.253 e. The Hall–Kier alpha value is -2.25. The van der Waals surface area contributed by atoms with Crippen molar-refractivity contribution in [3.63, 3.8) is 0 Å². The molecular weight excluding hydrogens is 282 g/mol. The van der Waals surface area contributed by atoms with Crippen LogP contribution in [-0.4, -0.2) is 65.0 Å². The van der Waals surface area contributed by atoms with Crippen molar-refractivity contribution >= 4 is 5.91 Å². The average molecular weight is 301 g/mol. The first-order chi connectivity index (χ1) is 10.7. The van der Waals surface area contributed by atoms with E-state index >= 15 is 0 Å². The van der Waals surface area contributed by atoms with E-state index in [0.717, 1.165) is 13.1 Å². The van der Waals surface area contributed by atoms with Crippen LogP contribution in [0.4, 0.5) is 0 Å². The largest absolute Gasteiger partial charge is 0.374 e. The summed E-state index contributed by atoms with van der Waals surface area (Å²) in [6.07, 6.45) is 3.05. The molecule has 0 saturated carbocycles. The van der Waals surface area contributed by atoms with Crippen LogP contribution in [0.5, 0.6) is 0 Å². The molecule has 1 aromatic heterocycles. The lowest BCUT2D eigenvalue weighted by atomic mass is 10.1. The number of rotatable bonds is 4.